The molecule has 0 N–H and O–H groups in total. The van der Waals surface area contributed by atoms with Crippen molar-refractivity contribution in [1.82, 2.24) is 0 Å². The average Bonchev–Trinajstić information content (AvgIpc) is 2.90. The Bertz CT molecular complexity index is 830. The Kier molecular flexibility index (Phi) is 3.85. The number of hydrogen-bond acceptors (Lipinski definition) is 4. The Balaban J connectivity index is 2.04. The van der Waals surface area contributed by atoms with Gasteiger partial charge in [0.25, 0.3) is 0 Å². The van der Waals surface area contributed by atoms with Gasteiger partial charge in [-0.2, -0.15) is 0 Å². The van der Waals surface area contributed by atoms with Gasteiger partial charge in [-0.25, -0.2) is 8.78 Å². The van der Waals surface area contributed by atoms with E-state index in [4.69, 9.17) is 14.2 Å². The van der Waals surface area contributed by atoms with E-state index in [2.05, 4.69) is 0 Å². The molecule has 0 fully saturated rings. The van der Waals surface area contributed by atoms with Crippen LogP contribution in [0.1, 0.15) is 0 Å². The molecule has 3 aromatic rings. The highest BCUT2D eigenvalue weighted by Crippen LogP contribution is 2.41. The van der Waals surface area contributed by atoms with Gasteiger partial charge in [0.2, 0.25) is 0 Å². The van der Waals surface area contributed by atoms with Gasteiger partial charge in [0.05, 0.1) is 14.2 Å². The number of benzene rings is 2. The summed E-state index contributed by atoms with van der Waals surface area (Å²) >= 11 is 1.43. The van der Waals surface area contributed by atoms with Crippen molar-refractivity contribution in [3.63, 3.8) is 0 Å². The molecule has 0 amide bonds. The van der Waals surface area contributed by atoms with Gasteiger partial charge < -0.3 is 14.2 Å². The third-order valence-corrected chi connectivity index (χ3v) is 4.08. The van der Waals surface area contributed by atoms with Crippen LogP contribution >= 0.6 is 11.3 Å². The molecule has 2 aromatic carbocycles. The largest absolute Gasteiger partial charge is 0.493 e. The summed E-state index contributed by atoms with van der Waals surface area (Å²) in [4.78, 5) is 0. The molecule has 6 heteroatoms. The summed E-state index contributed by atoms with van der Waals surface area (Å²) in [5.41, 5.74) is 0. The van der Waals surface area contributed by atoms with E-state index in [9.17, 15) is 8.78 Å². The zero-order chi connectivity index (χ0) is 15.7. The van der Waals surface area contributed by atoms with Gasteiger partial charge in [-0.15, -0.1) is 11.3 Å². The molecule has 3 rings (SSSR count). The average molecular weight is 322 g/mol. The van der Waals surface area contributed by atoms with Gasteiger partial charge >= 0.3 is 0 Å². The fourth-order valence-electron chi connectivity index (χ4n) is 2.09. The molecule has 0 bridgehead atoms. The van der Waals surface area contributed by atoms with Gasteiger partial charge in [0.1, 0.15) is 11.6 Å². The molecule has 0 aliphatic heterocycles. The second kappa shape index (κ2) is 5.81. The first-order valence-corrected chi connectivity index (χ1v) is 7.26. The maximum absolute atomic E-state index is 13.7. The Hall–Kier alpha value is -2.34. The van der Waals surface area contributed by atoms with Crippen molar-refractivity contribution in [2.45, 2.75) is 0 Å². The lowest BCUT2D eigenvalue weighted by Gasteiger charge is -2.09. The normalized spacial score (nSPS) is 10.7. The number of ether oxygens (including phenoxy) is 3. The fraction of sp³-hybridized carbons (Fsp3) is 0.125. The van der Waals surface area contributed by atoms with E-state index in [1.165, 1.54) is 24.5 Å². The van der Waals surface area contributed by atoms with Crippen molar-refractivity contribution >= 4 is 21.4 Å². The molecular weight excluding hydrogens is 310 g/mol. The van der Waals surface area contributed by atoms with Crippen molar-refractivity contribution in [3.8, 4) is 23.0 Å². The third-order valence-electron chi connectivity index (χ3n) is 3.16. The first-order chi connectivity index (χ1) is 10.6. The molecule has 22 heavy (non-hydrogen) atoms. The molecule has 0 spiro atoms. The van der Waals surface area contributed by atoms with E-state index in [1.807, 2.05) is 6.07 Å². The van der Waals surface area contributed by atoms with Gasteiger partial charge in [-0.05, 0) is 18.2 Å². The fourth-order valence-corrected chi connectivity index (χ4v) is 2.96. The summed E-state index contributed by atoms with van der Waals surface area (Å²) in [7, 11) is 3.10. The highest BCUT2D eigenvalue weighted by Gasteiger charge is 2.14. The van der Waals surface area contributed by atoms with Crippen LogP contribution in [0.2, 0.25) is 0 Å². The summed E-state index contributed by atoms with van der Waals surface area (Å²) in [6.07, 6.45) is 0. The van der Waals surface area contributed by atoms with Crippen molar-refractivity contribution in [1.29, 1.82) is 0 Å². The van der Waals surface area contributed by atoms with Crippen LogP contribution in [-0.4, -0.2) is 14.2 Å². The number of methoxy groups -OCH3 is 2. The van der Waals surface area contributed by atoms with Gasteiger partial charge in [0, 0.05) is 27.6 Å². The lowest BCUT2D eigenvalue weighted by molar-refractivity contribution is 0.356. The van der Waals surface area contributed by atoms with Crippen LogP contribution in [0.5, 0.6) is 23.0 Å². The van der Waals surface area contributed by atoms with Crippen LogP contribution in [0.15, 0.2) is 35.7 Å². The van der Waals surface area contributed by atoms with Crippen molar-refractivity contribution in [2.75, 3.05) is 14.2 Å². The molecule has 0 aliphatic carbocycles. The van der Waals surface area contributed by atoms with E-state index in [-0.39, 0.29) is 5.75 Å². The quantitative estimate of drug-likeness (QED) is 0.677. The lowest BCUT2D eigenvalue weighted by atomic mass is 10.2. The predicted octanol–water partition coefficient (Wildman–Crippen LogP) is 4.99. The molecule has 114 valence electrons. The molecule has 0 radical (unpaired) electrons. The first-order valence-electron chi connectivity index (χ1n) is 6.38. The molecule has 3 nitrogen and oxygen atoms in total. The summed E-state index contributed by atoms with van der Waals surface area (Å²) in [5.74, 6) is 0.211. The Morgan fingerprint density at radius 2 is 1.59 bits per heavy atom. The van der Waals surface area contributed by atoms with E-state index >= 15 is 0 Å². The Morgan fingerprint density at radius 1 is 0.864 bits per heavy atom. The third kappa shape index (κ3) is 2.57. The van der Waals surface area contributed by atoms with Gasteiger partial charge in [-0.1, -0.05) is 0 Å². The van der Waals surface area contributed by atoms with Gasteiger partial charge in [-0.3, -0.25) is 0 Å². The second-order valence-electron chi connectivity index (χ2n) is 4.48. The predicted molar refractivity (Wildman–Crippen MR) is 81.4 cm³/mol. The molecule has 0 saturated heterocycles. The maximum atomic E-state index is 13.7. The van der Waals surface area contributed by atoms with Crippen LogP contribution in [-0.2, 0) is 0 Å². The highest BCUT2D eigenvalue weighted by atomic mass is 32.1. The highest BCUT2D eigenvalue weighted by molar-refractivity contribution is 7.17. The summed E-state index contributed by atoms with van der Waals surface area (Å²) in [5, 5.41) is 2.53. The molecule has 1 aromatic heterocycles. The monoisotopic (exact) mass is 322 g/mol. The molecular formula is C16H12F2O3S. The number of halogens is 2. The van der Waals surface area contributed by atoms with Crippen LogP contribution < -0.4 is 14.2 Å². The minimum Gasteiger partial charge on any atom is -0.493 e. The van der Waals surface area contributed by atoms with Gasteiger partial charge in [0.15, 0.2) is 23.1 Å². The van der Waals surface area contributed by atoms with Crippen LogP contribution in [0.25, 0.3) is 10.1 Å². The van der Waals surface area contributed by atoms with E-state index in [0.29, 0.717) is 17.2 Å². The number of rotatable bonds is 4. The first kappa shape index (κ1) is 14.6. The molecule has 0 aliphatic rings. The van der Waals surface area contributed by atoms with Crippen molar-refractivity contribution in [2.24, 2.45) is 0 Å². The minimum atomic E-state index is -0.750. The summed E-state index contributed by atoms with van der Waals surface area (Å²) < 4.78 is 43.6. The smallest absolute Gasteiger partial charge is 0.168 e. The molecule has 0 atom stereocenters. The minimum absolute atomic E-state index is 0.0316. The standard InChI is InChI=1S/C16H12F2O3S/c1-19-13-6-10-15(8-22-16(10)7-14(13)20-2)21-12-4-3-9(17)5-11(12)18/h3-8H,1-2H3. The Morgan fingerprint density at radius 3 is 2.27 bits per heavy atom. The Labute approximate surface area is 129 Å². The maximum Gasteiger partial charge on any atom is 0.168 e. The number of fused-ring (bicyclic) bond motifs is 1. The van der Waals surface area contributed by atoms with Crippen molar-refractivity contribution in [3.05, 3.63) is 47.3 Å². The second-order valence-corrected chi connectivity index (χ2v) is 5.39. The van der Waals surface area contributed by atoms with E-state index in [1.54, 1.807) is 18.6 Å². The SMILES string of the molecule is COc1cc2scc(Oc3ccc(F)cc3F)c2cc1OC. The summed E-state index contributed by atoms with van der Waals surface area (Å²) in [6.45, 7) is 0. The molecule has 1 heterocycles. The topological polar surface area (TPSA) is 27.7 Å². The molecule has 0 saturated carbocycles. The molecule has 0 unspecified atom stereocenters. The summed E-state index contributed by atoms with van der Waals surface area (Å²) in [6, 6.07) is 6.78. The van der Waals surface area contributed by atoms with E-state index in [0.717, 1.165) is 22.2 Å². The lowest BCUT2D eigenvalue weighted by Crippen LogP contribution is -1.91. The van der Waals surface area contributed by atoms with Crippen molar-refractivity contribution < 1.29 is 23.0 Å². The van der Waals surface area contributed by atoms with Crippen LogP contribution in [0.4, 0.5) is 8.78 Å². The van der Waals surface area contributed by atoms with Crippen LogP contribution in [0, 0.1) is 11.6 Å². The number of thiophene rings is 1. The van der Waals surface area contributed by atoms with E-state index < -0.39 is 11.6 Å². The number of hydrogen-bond donors (Lipinski definition) is 0. The van der Waals surface area contributed by atoms with Crippen LogP contribution in [0.3, 0.4) is 0 Å². The zero-order valence-corrected chi connectivity index (χ0v) is 12.7. The zero-order valence-electron chi connectivity index (χ0n) is 11.9.